The van der Waals surface area contributed by atoms with Gasteiger partial charge in [-0.3, -0.25) is 4.79 Å². The number of nitrogen functional groups attached to an aromatic ring is 1. The van der Waals surface area contributed by atoms with E-state index in [4.69, 9.17) is 22.1 Å². The highest BCUT2D eigenvalue weighted by atomic mass is 35.5. The van der Waals surface area contributed by atoms with Crippen LogP contribution in [0.15, 0.2) is 42.5 Å². The van der Waals surface area contributed by atoms with E-state index in [1.807, 2.05) is 0 Å². The van der Waals surface area contributed by atoms with Crippen LogP contribution in [0, 0.1) is 5.82 Å². The monoisotopic (exact) mass is 294 g/mol. The Bertz CT molecular complexity index is 617. The van der Waals surface area contributed by atoms with Crippen molar-refractivity contribution in [1.29, 1.82) is 0 Å². The molecule has 4 nitrogen and oxygen atoms in total. The number of halogens is 2. The van der Waals surface area contributed by atoms with Crippen molar-refractivity contribution in [1.82, 2.24) is 0 Å². The van der Waals surface area contributed by atoms with Crippen LogP contribution < -0.4 is 15.8 Å². The average Bonchev–Trinajstić information content (AvgIpc) is 2.42. The van der Waals surface area contributed by atoms with Gasteiger partial charge in [-0.15, -0.1) is 0 Å². The predicted octanol–water partition coefficient (Wildman–Crippen LogP) is 3.08. The molecule has 0 aliphatic carbocycles. The number of hydrogen-bond donors (Lipinski definition) is 2. The molecule has 2 aromatic rings. The molecule has 0 atom stereocenters. The lowest BCUT2D eigenvalue weighted by atomic mass is 10.3. The Kier molecular flexibility index (Phi) is 4.42. The summed E-state index contributed by atoms with van der Waals surface area (Å²) in [7, 11) is 0. The maximum Gasteiger partial charge on any atom is 0.262 e. The number of hydrogen-bond acceptors (Lipinski definition) is 3. The van der Waals surface area contributed by atoms with Crippen molar-refractivity contribution in [3.63, 3.8) is 0 Å². The van der Waals surface area contributed by atoms with Crippen molar-refractivity contribution in [3.8, 4) is 5.75 Å². The molecule has 0 saturated heterocycles. The molecular formula is C14H12ClFN2O2. The van der Waals surface area contributed by atoms with Gasteiger partial charge in [0.25, 0.3) is 5.91 Å². The van der Waals surface area contributed by atoms with Crippen LogP contribution >= 0.6 is 11.6 Å². The van der Waals surface area contributed by atoms with E-state index in [9.17, 15) is 9.18 Å². The van der Waals surface area contributed by atoms with Gasteiger partial charge in [-0.25, -0.2) is 4.39 Å². The zero-order valence-corrected chi connectivity index (χ0v) is 11.2. The fourth-order valence-corrected chi connectivity index (χ4v) is 1.62. The molecule has 0 saturated carbocycles. The van der Waals surface area contributed by atoms with Crippen molar-refractivity contribution in [2.45, 2.75) is 0 Å². The summed E-state index contributed by atoms with van der Waals surface area (Å²) in [6, 6.07) is 10.2. The summed E-state index contributed by atoms with van der Waals surface area (Å²) in [5.74, 6) is -0.299. The number of amides is 1. The summed E-state index contributed by atoms with van der Waals surface area (Å²) in [4.78, 5) is 11.7. The molecular weight excluding hydrogens is 283 g/mol. The number of benzene rings is 2. The Morgan fingerprint density at radius 3 is 2.60 bits per heavy atom. The van der Waals surface area contributed by atoms with Crippen LogP contribution in [0.4, 0.5) is 15.8 Å². The Labute approximate surface area is 120 Å². The van der Waals surface area contributed by atoms with Crippen LogP contribution in [0.25, 0.3) is 0 Å². The van der Waals surface area contributed by atoms with E-state index < -0.39 is 0 Å². The number of rotatable bonds is 4. The molecule has 104 valence electrons. The molecule has 0 aromatic heterocycles. The van der Waals surface area contributed by atoms with Crippen molar-refractivity contribution in [2.24, 2.45) is 0 Å². The van der Waals surface area contributed by atoms with Gasteiger partial charge in [-0.05, 0) is 42.5 Å². The number of anilines is 2. The second kappa shape index (κ2) is 6.25. The quantitative estimate of drug-likeness (QED) is 0.852. The molecule has 1 amide bonds. The van der Waals surface area contributed by atoms with Gasteiger partial charge in [-0.1, -0.05) is 11.6 Å². The van der Waals surface area contributed by atoms with Crippen molar-refractivity contribution in [3.05, 3.63) is 53.3 Å². The second-order valence-corrected chi connectivity index (χ2v) is 4.43. The lowest BCUT2D eigenvalue weighted by Gasteiger charge is -2.08. The molecule has 0 heterocycles. The number of ether oxygens (including phenoxy) is 1. The molecule has 6 heteroatoms. The van der Waals surface area contributed by atoms with E-state index in [2.05, 4.69) is 5.32 Å². The van der Waals surface area contributed by atoms with Crippen molar-refractivity contribution >= 4 is 28.9 Å². The fourth-order valence-electron chi connectivity index (χ4n) is 1.50. The van der Waals surface area contributed by atoms with E-state index >= 15 is 0 Å². The summed E-state index contributed by atoms with van der Waals surface area (Å²) >= 11 is 5.78. The van der Waals surface area contributed by atoms with Gasteiger partial charge in [0.1, 0.15) is 11.6 Å². The molecule has 20 heavy (non-hydrogen) atoms. The third-order valence-electron chi connectivity index (χ3n) is 2.46. The third kappa shape index (κ3) is 3.86. The second-order valence-electron chi connectivity index (χ2n) is 4.03. The van der Waals surface area contributed by atoms with Crippen LogP contribution in [-0.2, 0) is 4.79 Å². The van der Waals surface area contributed by atoms with E-state index in [0.29, 0.717) is 22.1 Å². The average molecular weight is 295 g/mol. The molecule has 2 rings (SSSR count). The summed E-state index contributed by atoms with van der Waals surface area (Å²) in [5, 5.41) is 3.04. The minimum Gasteiger partial charge on any atom is -0.484 e. The maximum atomic E-state index is 12.7. The van der Waals surface area contributed by atoms with E-state index in [0.717, 1.165) is 0 Å². The largest absolute Gasteiger partial charge is 0.484 e. The van der Waals surface area contributed by atoms with Crippen LogP contribution in [0.2, 0.25) is 5.02 Å². The first-order chi connectivity index (χ1) is 9.54. The van der Waals surface area contributed by atoms with Crippen LogP contribution in [0.1, 0.15) is 0 Å². The summed E-state index contributed by atoms with van der Waals surface area (Å²) in [6.45, 7) is -0.186. The summed E-state index contributed by atoms with van der Waals surface area (Å²) in [5.41, 5.74) is 6.53. The smallest absolute Gasteiger partial charge is 0.262 e. The molecule has 0 fully saturated rings. The minimum absolute atomic E-state index is 0.186. The zero-order valence-electron chi connectivity index (χ0n) is 10.4. The van der Waals surface area contributed by atoms with Gasteiger partial charge < -0.3 is 15.8 Å². The van der Waals surface area contributed by atoms with E-state index in [1.165, 1.54) is 24.3 Å². The summed E-state index contributed by atoms with van der Waals surface area (Å²) < 4.78 is 17.9. The Hall–Kier alpha value is -2.27. The fraction of sp³-hybridized carbons (Fsp3) is 0.0714. The lowest BCUT2D eigenvalue weighted by molar-refractivity contribution is -0.118. The van der Waals surface area contributed by atoms with Crippen molar-refractivity contribution < 1.29 is 13.9 Å². The Morgan fingerprint density at radius 1 is 1.25 bits per heavy atom. The number of nitrogens with two attached hydrogens (primary N) is 1. The number of carbonyl (C=O) groups excluding carboxylic acids is 1. The molecule has 0 aliphatic heterocycles. The molecule has 0 bridgehead atoms. The Balaban J connectivity index is 1.89. The van der Waals surface area contributed by atoms with E-state index in [-0.39, 0.29) is 18.3 Å². The maximum absolute atomic E-state index is 12.7. The number of nitrogens with one attached hydrogen (secondary N) is 1. The minimum atomic E-state index is -0.363. The first kappa shape index (κ1) is 14.1. The van der Waals surface area contributed by atoms with Gasteiger partial charge in [0.15, 0.2) is 6.61 Å². The highest BCUT2D eigenvalue weighted by molar-refractivity contribution is 6.33. The molecule has 0 unspecified atom stereocenters. The van der Waals surface area contributed by atoms with Gasteiger partial charge in [-0.2, -0.15) is 0 Å². The molecule has 2 aromatic carbocycles. The lowest BCUT2D eigenvalue weighted by Crippen LogP contribution is -2.20. The van der Waals surface area contributed by atoms with Crippen molar-refractivity contribution in [2.75, 3.05) is 17.7 Å². The standard InChI is InChI=1S/C14H12ClFN2O2/c15-12-6-3-10(7-13(12)17)18-14(19)8-20-11-4-1-9(16)2-5-11/h1-7H,8,17H2,(H,18,19). The van der Waals surface area contributed by atoms with Gasteiger partial charge in [0, 0.05) is 5.69 Å². The SMILES string of the molecule is Nc1cc(NC(=O)COc2ccc(F)cc2)ccc1Cl. The molecule has 3 N–H and O–H groups in total. The molecule has 0 aliphatic rings. The third-order valence-corrected chi connectivity index (χ3v) is 2.81. The Morgan fingerprint density at radius 2 is 1.95 bits per heavy atom. The highest BCUT2D eigenvalue weighted by Gasteiger charge is 2.05. The molecule has 0 radical (unpaired) electrons. The number of carbonyl (C=O) groups is 1. The van der Waals surface area contributed by atoms with E-state index in [1.54, 1.807) is 18.2 Å². The highest BCUT2D eigenvalue weighted by Crippen LogP contribution is 2.22. The predicted molar refractivity (Wildman–Crippen MR) is 76.4 cm³/mol. The zero-order chi connectivity index (χ0) is 14.5. The molecule has 0 spiro atoms. The normalized spacial score (nSPS) is 10.1. The summed E-state index contributed by atoms with van der Waals surface area (Å²) in [6.07, 6.45) is 0. The first-order valence-corrected chi connectivity index (χ1v) is 6.15. The van der Waals surface area contributed by atoms with Gasteiger partial charge in [0.05, 0.1) is 10.7 Å². The van der Waals surface area contributed by atoms with Gasteiger partial charge >= 0.3 is 0 Å². The first-order valence-electron chi connectivity index (χ1n) is 5.78. The van der Waals surface area contributed by atoms with Gasteiger partial charge in [0.2, 0.25) is 0 Å². The van der Waals surface area contributed by atoms with Crippen LogP contribution in [0.3, 0.4) is 0 Å². The topological polar surface area (TPSA) is 64.3 Å². The van der Waals surface area contributed by atoms with Crippen LogP contribution in [-0.4, -0.2) is 12.5 Å². The van der Waals surface area contributed by atoms with Crippen LogP contribution in [0.5, 0.6) is 5.75 Å².